The van der Waals surface area contributed by atoms with E-state index in [1.54, 1.807) is 55.6 Å². The first-order chi connectivity index (χ1) is 12.4. The van der Waals surface area contributed by atoms with E-state index in [1.807, 2.05) is 0 Å². The van der Waals surface area contributed by atoms with Crippen LogP contribution in [0.4, 0.5) is 4.79 Å². The monoisotopic (exact) mass is 372 g/mol. The lowest BCUT2D eigenvalue weighted by Gasteiger charge is -2.49. The molecule has 2 aromatic carbocycles. The van der Waals surface area contributed by atoms with Crippen molar-refractivity contribution in [2.45, 2.75) is 11.6 Å². The molecule has 134 valence electrons. The molecule has 1 N–H and O–H groups in total. The van der Waals surface area contributed by atoms with Crippen molar-refractivity contribution < 1.29 is 19.4 Å². The number of hydrogen-bond acceptors (Lipinski definition) is 4. The number of rotatable bonds is 3. The van der Waals surface area contributed by atoms with E-state index in [2.05, 4.69) is 0 Å². The fourth-order valence-corrected chi connectivity index (χ4v) is 3.68. The largest absolute Gasteiger partial charge is 0.497 e. The molecule has 2 aromatic rings. The highest BCUT2D eigenvalue weighted by molar-refractivity contribution is 6.30. The van der Waals surface area contributed by atoms with E-state index in [9.17, 15) is 14.7 Å². The van der Waals surface area contributed by atoms with Crippen molar-refractivity contribution >= 4 is 23.5 Å². The topological polar surface area (TPSA) is 70.1 Å². The Bertz CT molecular complexity index is 868. The lowest BCUT2D eigenvalue weighted by atomic mass is 9.79. The van der Waals surface area contributed by atoms with Crippen LogP contribution in [-0.4, -0.2) is 53.1 Å². The number of halogens is 1. The third-order valence-corrected chi connectivity index (χ3v) is 5.35. The zero-order valence-corrected chi connectivity index (χ0v) is 14.8. The van der Waals surface area contributed by atoms with E-state index in [0.717, 1.165) is 0 Å². The van der Waals surface area contributed by atoms with E-state index in [4.69, 9.17) is 16.3 Å². The molecule has 2 saturated heterocycles. The second-order valence-electron chi connectivity index (χ2n) is 6.50. The summed E-state index contributed by atoms with van der Waals surface area (Å²) in [5.74, 6) is 0.251. The number of carbonyl (C=O) groups excluding carboxylic acids is 2. The van der Waals surface area contributed by atoms with Crippen molar-refractivity contribution in [3.05, 3.63) is 64.7 Å². The molecule has 2 aliphatic heterocycles. The summed E-state index contributed by atoms with van der Waals surface area (Å²) in [5.41, 5.74) is -0.0822. The zero-order valence-electron chi connectivity index (χ0n) is 14.1. The molecule has 3 amide bonds. The minimum atomic E-state index is -1.17. The summed E-state index contributed by atoms with van der Waals surface area (Å²) in [6.45, 7) is 0.299. The molecule has 26 heavy (non-hydrogen) atoms. The van der Waals surface area contributed by atoms with Gasteiger partial charge in [-0.15, -0.1) is 0 Å². The molecule has 2 heterocycles. The lowest BCUT2D eigenvalue weighted by Crippen LogP contribution is -2.66. The summed E-state index contributed by atoms with van der Waals surface area (Å²) >= 11 is 5.90. The van der Waals surface area contributed by atoms with E-state index >= 15 is 0 Å². The number of methoxy groups -OCH3 is 1. The van der Waals surface area contributed by atoms with Crippen LogP contribution < -0.4 is 4.74 Å². The third-order valence-electron chi connectivity index (χ3n) is 5.10. The lowest BCUT2D eigenvalue weighted by molar-refractivity contribution is -0.119. The van der Waals surface area contributed by atoms with Gasteiger partial charge in [-0.1, -0.05) is 23.7 Å². The van der Waals surface area contributed by atoms with E-state index < -0.39 is 11.6 Å². The van der Waals surface area contributed by atoms with Gasteiger partial charge in [-0.2, -0.15) is 0 Å². The number of urea groups is 1. The van der Waals surface area contributed by atoms with Gasteiger partial charge in [-0.05, 0) is 42.0 Å². The Labute approximate surface area is 155 Å². The number of ether oxygens (including phenoxy) is 1. The summed E-state index contributed by atoms with van der Waals surface area (Å²) in [7, 11) is 1.55. The SMILES string of the molecule is COc1ccc(C(=O)N2C[C@@H]3N(C[C@@]3(O)c3ccc(Cl)cc3)C2=O)cc1. The van der Waals surface area contributed by atoms with Crippen LogP contribution in [0.5, 0.6) is 5.75 Å². The van der Waals surface area contributed by atoms with Gasteiger partial charge in [0.2, 0.25) is 0 Å². The number of hydrogen-bond donors (Lipinski definition) is 1. The second-order valence-corrected chi connectivity index (χ2v) is 6.94. The van der Waals surface area contributed by atoms with Crippen molar-refractivity contribution in [1.82, 2.24) is 9.80 Å². The Morgan fingerprint density at radius 3 is 2.46 bits per heavy atom. The maximum absolute atomic E-state index is 12.7. The molecule has 0 spiro atoms. The van der Waals surface area contributed by atoms with Gasteiger partial charge in [-0.25, -0.2) is 4.79 Å². The van der Waals surface area contributed by atoms with Crippen LogP contribution in [0.15, 0.2) is 48.5 Å². The van der Waals surface area contributed by atoms with Gasteiger partial charge in [-0.3, -0.25) is 9.69 Å². The molecule has 0 aromatic heterocycles. The first-order valence-electron chi connectivity index (χ1n) is 8.19. The molecule has 0 radical (unpaired) electrons. The van der Waals surface area contributed by atoms with Gasteiger partial charge in [0.1, 0.15) is 11.4 Å². The van der Waals surface area contributed by atoms with Gasteiger partial charge in [0.05, 0.1) is 26.2 Å². The number of carbonyl (C=O) groups is 2. The van der Waals surface area contributed by atoms with Crippen molar-refractivity contribution in [2.24, 2.45) is 0 Å². The summed E-state index contributed by atoms with van der Waals surface area (Å²) in [4.78, 5) is 28.0. The predicted octanol–water partition coefficient (Wildman–Crippen LogP) is 2.50. The fraction of sp³-hybridized carbons (Fsp3) is 0.263. The second kappa shape index (κ2) is 6.00. The van der Waals surface area contributed by atoms with E-state index in [0.29, 0.717) is 21.9 Å². The Balaban J connectivity index is 1.55. The van der Waals surface area contributed by atoms with Gasteiger partial charge >= 0.3 is 6.03 Å². The smallest absolute Gasteiger partial charge is 0.327 e. The summed E-state index contributed by atoms with van der Waals surface area (Å²) in [5, 5.41) is 11.6. The zero-order chi connectivity index (χ0) is 18.5. The van der Waals surface area contributed by atoms with Crippen molar-refractivity contribution in [1.29, 1.82) is 0 Å². The number of benzene rings is 2. The summed E-state index contributed by atoms with van der Waals surface area (Å²) in [6.07, 6.45) is 0. The number of aliphatic hydroxyl groups is 1. The minimum Gasteiger partial charge on any atom is -0.497 e. The first-order valence-corrected chi connectivity index (χ1v) is 8.57. The summed E-state index contributed by atoms with van der Waals surface area (Å²) in [6, 6.07) is 12.6. The molecule has 2 fully saturated rings. The molecular weight excluding hydrogens is 356 g/mol. The normalized spacial score (nSPS) is 24.3. The number of imide groups is 1. The van der Waals surface area contributed by atoms with Gasteiger partial charge in [0.25, 0.3) is 5.91 Å². The highest BCUT2D eigenvalue weighted by atomic mass is 35.5. The molecule has 0 bridgehead atoms. The van der Waals surface area contributed by atoms with E-state index in [-0.39, 0.29) is 25.0 Å². The molecule has 6 nitrogen and oxygen atoms in total. The molecule has 0 unspecified atom stereocenters. The molecule has 2 atom stereocenters. The third kappa shape index (κ3) is 2.45. The Morgan fingerprint density at radius 1 is 1.19 bits per heavy atom. The van der Waals surface area contributed by atoms with Gasteiger partial charge in [0, 0.05) is 10.6 Å². The number of amides is 3. The number of fused-ring (bicyclic) bond motifs is 1. The average Bonchev–Trinajstić information content (AvgIpc) is 2.93. The Morgan fingerprint density at radius 2 is 1.85 bits per heavy atom. The molecule has 0 aliphatic carbocycles. The summed E-state index contributed by atoms with van der Waals surface area (Å²) < 4.78 is 5.08. The Kier molecular flexibility index (Phi) is 3.89. The number of nitrogens with zero attached hydrogens (tertiary/aromatic N) is 2. The maximum Gasteiger partial charge on any atom is 0.327 e. The van der Waals surface area contributed by atoms with Gasteiger partial charge in [0.15, 0.2) is 0 Å². The minimum absolute atomic E-state index is 0.142. The van der Waals surface area contributed by atoms with Crippen molar-refractivity contribution in [3.63, 3.8) is 0 Å². The highest BCUT2D eigenvalue weighted by Gasteiger charge is 2.61. The molecule has 7 heteroatoms. The standard InChI is InChI=1S/C19H17ClN2O4/c1-26-15-8-2-12(3-9-15)17(23)21-10-16-19(25,11-22(16)18(21)24)13-4-6-14(20)7-5-13/h2-9,16,25H,10-11H2,1H3/t16-,19+/m0/s1. The van der Waals surface area contributed by atoms with Crippen LogP contribution in [0, 0.1) is 0 Å². The molecular formula is C19H17ClN2O4. The van der Waals surface area contributed by atoms with Crippen LogP contribution in [-0.2, 0) is 5.60 Å². The molecule has 0 saturated carbocycles. The first kappa shape index (κ1) is 16.9. The highest BCUT2D eigenvalue weighted by Crippen LogP contribution is 2.43. The van der Waals surface area contributed by atoms with Crippen LogP contribution in [0.1, 0.15) is 15.9 Å². The van der Waals surface area contributed by atoms with Crippen molar-refractivity contribution in [3.8, 4) is 5.75 Å². The quantitative estimate of drug-likeness (QED) is 0.898. The van der Waals surface area contributed by atoms with Crippen LogP contribution in [0.3, 0.4) is 0 Å². The van der Waals surface area contributed by atoms with E-state index in [1.165, 1.54) is 9.80 Å². The van der Waals surface area contributed by atoms with Crippen molar-refractivity contribution in [2.75, 3.05) is 20.2 Å². The van der Waals surface area contributed by atoms with Crippen LogP contribution >= 0.6 is 11.6 Å². The van der Waals surface area contributed by atoms with Crippen LogP contribution in [0.25, 0.3) is 0 Å². The fourth-order valence-electron chi connectivity index (χ4n) is 3.56. The van der Waals surface area contributed by atoms with Crippen LogP contribution in [0.2, 0.25) is 5.02 Å². The Hall–Kier alpha value is -2.57. The molecule has 4 rings (SSSR count). The predicted molar refractivity (Wildman–Crippen MR) is 95.3 cm³/mol. The molecule has 2 aliphatic rings. The average molecular weight is 373 g/mol. The maximum atomic E-state index is 12.7. The van der Waals surface area contributed by atoms with Gasteiger partial charge < -0.3 is 14.7 Å².